The second-order valence-electron chi connectivity index (χ2n) is 6.21. The SMILES string of the molecule is CC(C)N1CCC(Oc2ccccc2N2C=NOC2C(F)(F)F)C1. The van der Waals surface area contributed by atoms with Crippen LogP contribution in [0, 0.1) is 0 Å². The predicted molar refractivity (Wildman–Crippen MR) is 84.1 cm³/mol. The lowest BCUT2D eigenvalue weighted by atomic mass is 10.2. The molecule has 2 heterocycles. The third-order valence-electron chi connectivity index (χ3n) is 4.21. The number of rotatable bonds is 4. The fraction of sp³-hybridized carbons (Fsp3) is 0.562. The maximum absolute atomic E-state index is 13.1. The van der Waals surface area contributed by atoms with Crippen molar-refractivity contribution in [2.24, 2.45) is 5.16 Å². The van der Waals surface area contributed by atoms with Gasteiger partial charge in [0.25, 0.3) is 0 Å². The van der Waals surface area contributed by atoms with Gasteiger partial charge in [-0.25, -0.2) is 0 Å². The molecular formula is C16H20F3N3O2. The van der Waals surface area contributed by atoms with E-state index in [1.54, 1.807) is 24.3 Å². The molecule has 1 fully saturated rings. The van der Waals surface area contributed by atoms with E-state index in [4.69, 9.17) is 4.74 Å². The lowest BCUT2D eigenvalue weighted by Gasteiger charge is -2.26. The lowest BCUT2D eigenvalue weighted by molar-refractivity contribution is -0.211. The molecule has 2 atom stereocenters. The summed E-state index contributed by atoms with van der Waals surface area (Å²) in [6.45, 7) is 5.91. The second-order valence-corrected chi connectivity index (χ2v) is 6.21. The van der Waals surface area contributed by atoms with Gasteiger partial charge in [-0.15, -0.1) is 0 Å². The van der Waals surface area contributed by atoms with E-state index in [0.29, 0.717) is 17.5 Å². The fourth-order valence-electron chi connectivity index (χ4n) is 2.92. The first-order valence-corrected chi connectivity index (χ1v) is 7.90. The molecule has 0 radical (unpaired) electrons. The van der Waals surface area contributed by atoms with Gasteiger partial charge in [0.15, 0.2) is 0 Å². The molecule has 0 aromatic heterocycles. The molecule has 8 heteroatoms. The maximum Gasteiger partial charge on any atom is 0.448 e. The summed E-state index contributed by atoms with van der Waals surface area (Å²) in [6, 6.07) is 7.07. The quantitative estimate of drug-likeness (QED) is 0.841. The normalized spacial score (nSPS) is 24.7. The summed E-state index contributed by atoms with van der Waals surface area (Å²) in [5, 5.41) is 3.31. The number of oxime groups is 1. The zero-order valence-corrected chi connectivity index (χ0v) is 13.5. The van der Waals surface area contributed by atoms with Crippen LogP contribution in [0.15, 0.2) is 29.4 Å². The number of likely N-dealkylation sites (tertiary alicyclic amines) is 1. The number of benzene rings is 1. The van der Waals surface area contributed by atoms with E-state index in [0.717, 1.165) is 30.7 Å². The second kappa shape index (κ2) is 6.51. The molecule has 1 aromatic rings. The fourth-order valence-corrected chi connectivity index (χ4v) is 2.92. The van der Waals surface area contributed by atoms with Crippen molar-refractivity contribution in [3.8, 4) is 5.75 Å². The highest BCUT2D eigenvalue weighted by Crippen LogP contribution is 2.37. The maximum atomic E-state index is 13.1. The zero-order chi connectivity index (χ0) is 17.3. The molecular weight excluding hydrogens is 323 g/mol. The van der Waals surface area contributed by atoms with Gasteiger partial charge in [0, 0.05) is 19.1 Å². The van der Waals surface area contributed by atoms with Crippen LogP contribution < -0.4 is 9.64 Å². The summed E-state index contributed by atoms with van der Waals surface area (Å²) in [5.41, 5.74) is 0.295. The van der Waals surface area contributed by atoms with Crippen molar-refractivity contribution in [3.05, 3.63) is 24.3 Å². The Kier molecular flexibility index (Phi) is 4.58. The largest absolute Gasteiger partial charge is 0.487 e. The Labute approximate surface area is 138 Å². The van der Waals surface area contributed by atoms with Crippen LogP contribution in [-0.2, 0) is 4.84 Å². The summed E-state index contributed by atoms with van der Waals surface area (Å²) < 4.78 is 45.2. The van der Waals surface area contributed by atoms with Gasteiger partial charge in [-0.2, -0.15) is 13.2 Å². The minimum atomic E-state index is -4.55. The molecule has 0 bridgehead atoms. The molecule has 24 heavy (non-hydrogen) atoms. The molecule has 1 saturated heterocycles. The van der Waals surface area contributed by atoms with Crippen LogP contribution >= 0.6 is 0 Å². The number of ether oxygens (including phenoxy) is 1. The minimum absolute atomic E-state index is 0.0432. The number of anilines is 1. The van der Waals surface area contributed by atoms with Crippen LogP contribution in [0.1, 0.15) is 20.3 Å². The Balaban J connectivity index is 1.78. The molecule has 132 valence electrons. The van der Waals surface area contributed by atoms with Crippen molar-refractivity contribution < 1.29 is 22.7 Å². The number of para-hydroxylation sites is 2. The van der Waals surface area contributed by atoms with E-state index < -0.39 is 12.4 Å². The van der Waals surface area contributed by atoms with Crippen molar-refractivity contribution in [2.75, 3.05) is 18.0 Å². The molecule has 2 unspecified atom stereocenters. The van der Waals surface area contributed by atoms with Gasteiger partial charge in [0.05, 0.1) is 5.69 Å². The Morgan fingerprint density at radius 2 is 2.04 bits per heavy atom. The highest BCUT2D eigenvalue weighted by Gasteiger charge is 2.49. The standard InChI is InChI=1S/C16H20F3N3O2/c1-11(2)21-8-7-12(9-21)23-14-6-4-3-5-13(14)22-10-20-24-15(22)16(17,18)19/h3-6,10-12,15H,7-9H2,1-2H3. The molecule has 5 nitrogen and oxygen atoms in total. The Morgan fingerprint density at radius 1 is 1.29 bits per heavy atom. The average molecular weight is 343 g/mol. The topological polar surface area (TPSA) is 37.3 Å². The van der Waals surface area contributed by atoms with Crippen LogP contribution in [0.25, 0.3) is 0 Å². The highest BCUT2D eigenvalue weighted by atomic mass is 19.4. The number of alkyl halides is 3. The Hall–Kier alpha value is -1.96. The van der Waals surface area contributed by atoms with Gasteiger partial charge in [0.1, 0.15) is 18.2 Å². The Morgan fingerprint density at radius 3 is 2.71 bits per heavy atom. The molecule has 1 aromatic carbocycles. The van der Waals surface area contributed by atoms with Crippen LogP contribution in [0.5, 0.6) is 5.75 Å². The number of hydrogen-bond acceptors (Lipinski definition) is 5. The van der Waals surface area contributed by atoms with E-state index in [-0.39, 0.29) is 6.10 Å². The van der Waals surface area contributed by atoms with Gasteiger partial charge >= 0.3 is 12.4 Å². The molecule has 3 rings (SSSR count). The number of halogens is 3. The highest BCUT2D eigenvalue weighted by molar-refractivity contribution is 5.83. The summed E-state index contributed by atoms with van der Waals surface area (Å²) in [7, 11) is 0. The first kappa shape index (κ1) is 16.9. The molecule has 0 saturated carbocycles. The van der Waals surface area contributed by atoms with Gasteiger partial charge in [-0.05, 0) is 32.4 Å². The average Bonchev–Trinajstić information content (AvgIpc) is 3.16. The van der Waals surface area contributed by atoms with Crippen LogP contribution in [0.3, 0.4) is 0 Å². The zero-order valence-electron chi connectivity index (χ0n) is 13.5. The smallest absolute Gasteiger partial charge is 0.448 e. The van der Waals surface area contributed by atoms with Crippen LogP contribution in [0.2, 0.25) is 0 Å². The van der Waals surface area contributed by atoms with Gasteiger partial charge in [-0.1, -0.05) is 17.3 Å². The summed E-state index contributed by atoms with van der Waals surface area (Å²) >= 11 is 0. The lowest BCUT2D eigenvalue weighted by Crippen LogP contribution is -2.43. The Bertz CT molecular complexity index is 606. The first-order chi connectivity index (χ1) is 11.4. The van der Waals surface area contributed by atoms with Gasteiger partial charge in [0.2, 0.25) is 0 Å². The third kappa shape index (κ3) is 3.43. The molecule has 0 spiro atoms. The van der Waals surface area contributed by atoms with Gasteiger partial charge in [-0.3, -0.25) is 9.80 Å². The monoisotopic (exact) mass is 343 g/mol. The van der Waals surface area contributed by atoms with Crippen LogP contribution in [-0.4, -0.2) is 48.9 Å². The molecule has 2 aliphatic rings. The summed E-state index contributed by atoms with van der Waals surface area (Å²) in [6.07, 6.45) is -4.84. The molecule has 0 N–H and O–H groups in total. The van der Waals surface area contributed by atoms with Crippen molar-refractivity contribution >= 4 is 12.0 Å². The molecule has 0 amide bonds. The van der Waals surface area contributed by atoms with E-state index in [9.17, 15) is 13.2 Å². The van der Waals surface area contributed by atoms with Crippen molar-refractivity contribution in [1.82, 2.24) is 4.90 Å². The molecule has 2 aliphatic heterocycles. The number of hydrogen-bond donors (Lipinski definition) is 0. The summed E-state index contributed by atoms with van der Waals surface area (Å²) in [5.74, 6) is 0.402. The van der Waals surface area contributed by atoms with E-state index in [1.165, 1.54) is 0 Å². The van der Waals surface area contributed by atoms with Crippen molar-refractivity contribution in [3.63, 3.8) is 0 Å². The van der Waals surface area contributed by atoms with Crippen molar-refractivity contribution in [2.45, 2.75) is 44.8 Å². The number of nitrogens with zero attached hydrogens (tertiary/aromatic N) is 3. The van der Waals surface area contributed by atoms with Crippen LogP contribution in [0.4, 0.5) is 18.9 Å². The van der Waals surface area contributed by atoms with Gasteiger partial charge < -0.3 is 9.57 Å². The molecule has 0 aliphatic carbocycles. The first-order valence-electron chi connectivity index (χ1n) is 7.90. The van der Waals surface area contributed by atoms with E-state index in [2.05, 4.69) is 28.7 Å². The minimum Gasteiger partial charge on any atom is -0.487 e. The summed E-state index contributed by atoms with van der Waals surface area (Å²) in [4.78, 5) is 7.70. The third-order valence-corrected chi connectivity index (χ3v) is 4.21. The van der Waals surface area contributed by atoms with Crippen molar-refractivity contribution in [1.29, 1.82) is 0 Å². The van der Waals surface area contributed by atoms with E-state index in [1.807, 2.05) is 0 Å². The predicted octanol–water partition coefficient (Wildman–Crippen LogP) is 3.22. The van der Waals surface area contributed by atoms with E-state index >= 15 is 0 Å².